The fraction of sp³-hybridized carbons (Fsp3) is 0.615. The zero-order chi connectivity index (χ0) is 11.7. The molecule has 4 heteroatoms. The fourth-order valence-electron chi connectivity index (χ4n) is 3.15. The third-order valence-electron chi connectivity index (χ3n) is 3.88. The number of hydrogen-bond acceptors (Lipinski definition) is 3. The number of halogens is 1. The highest BCUT2D eigenvalue weighted by atomic mass is 35.5. The van der Waals surface area contributed by atoms with E-state index >= 15 is 0 Å². The van der Waals surface area contributed by atoms with E-state index in [1.54, 1.807) is 6.20 Å². The lowest BCUT2D eigenvalue weighted by molar-refractivity contribution is 0.395. The summed E-state index contributed by atoms with van der Waals surface area (Å²) in [5.74, 6) is 0. The van der Waals surface area contributed by atoms with Gasteiger partial charge in [-0.05, 0) is 38.3 Å². The third-order valence-corrected chi connectivity index (χ3v) is 4.09. The minimum atomic E-state index is 0.608. The van der Waals surface area contributed by atoms with Crippen LogP contribution in [0.4, 0.5) is 5.69 Å². The van der Waals surface area contributed by atoms with E-state index < -0.39 is 0 Å². The summed E-state index contributed by atoms with van der Waals surface area (Å²) >= 11 is 6.06. The summed E-state index contributed by atoms with van der Waals surface area (Å²) in [6.07, 6.45) is 8.80. The number of anilines is 1. The van der Waals surface area contributed by atoms with E-state index in [0.29, 0.717) is 12.1 Å². The lowest BCUT2D eigenvalue weighted by atomic mass is 9.94. The van der Waals surface area contributed by atoms with E-state index in [9.17, 15) is 0 Å². The van der Waals surface area contributed by atoms with Crippen LogP contribution in [0.5, 0.6) is 0 Å². The minimum absolute atomic E-state index is 0.608. The average molecular weight is 252 g/mol. The normalized spacial score (nSPS) is 28.9. The van der Waals surface area contributed by atoms with Crippen molar-refractivity contribution < 1.29 is 0 Å². The van der Waals surface area contributed by atoms with Crippen LogP contribution in [-0.2, 0) is 0 Å². The molecular weight excluding hydrogens is 234 g/mol. The molecule has 3 nitrogen and oxygen atoms in total. The van der Waals surface area contributed by atoms with E-state index in [2.05, 4.69) is 15.2 Å². The van der Waals surface area contributed by atoms with Crippen LogP contribution in [0.3, 0.4) is 0 Å². The fourth-order valence-corrected chi connectivity index (χ4v) is 3.32. The smallest absolute Gasteiger partial charge is 0.0609 e. The summed E-state index contributed by atoms with van der Waals surface area (Å²) in [5, 5.41) is 4.27. The second-order valence-corrected chi connectivity index (χ2v) is 5.44. The summed E-state index contributed by atoms with van der Waals surface area (Å²) in [7, 11) is 0. The SMILES string of the molecule is Clc1cncc(N2[C@H]3CCC[C@@H]2CNCC3)c1. The highest BCUT2D eigenvalue weighted by molar-refractivity contribution is 6.30. The quantitative estimate of drug-likeness (QED) is 0.831. The molecule has 0 amide bonds. The molecule has 2 bridgehead atoms. The maximum absolute atomic E-state index is 6.06. The van der Waals surface area contributed by atoms with Gasteiger partial charge in [-0.1, -0.05) is 11.6 Å². The Hall–Kier alpha value is -0.800. The summed E-state index contributed by atoms with van der Waals surface area (Å²) in [4.78, 5) is 6.77. The summed E-state index contributed by atoms with van der Waals surface area (Å²) in [6.45, 7) is 2.22. The minimum Gasteiger partial charge on any atom is -0.363 e. The molecule has 3 heterocycles. The Morgan fingerprint density at radius 2 is 2.12 bits per heavy atom. The Balaban J connectivity index is 1.93. The number of pyridine rings is 1. The van der Waals surface area contributed by atoms with Gasteiger partial charge in [0.15, 0.2) is 0 Å². The summed E-state index contributed by atoms with van der Waals surface area (Å²) in [5.41, 5.74) is 1.19. The molecule has 0 aliphatic carbocycles. The monoisotopic (exact) mass is 251 g/mol. The molecule has 0 saturated carbocycles. The van der Waals surface area contributed by atoms with Crippen LogP contribution in [0.25, 0.3) is 0 Å². The van der Waals surface area contributed by atoms with Gasteiger partial charge in [0.1, 0.15) is 0 Å². The number of aromatic nitrogens is 1. The molecule has 1 N–H and O–H groups in total. The van der Waals surface area contributed by atoms with Crippen LogP contribution in [0, 0.1) is 0 Å². The Morgan fingerprint density at radius 3 is 3.00 bits per heavy atom. The largest absolute Gasteiger partial charge is 0.363 e. The lowest BCUT2D eigenvalue weighted by Crippen LogP contribution is -2.48. The average Bonchev–Trinajstić information content (AvgIpc) is 2.45. The molecule has 0 aromatic carbocycles. The van der Waals surface area contributed by atoms with Gasteiger partial charge in [0.05, 0.1) is 16.9 Å². The second kappa shape index (κ2) is 4.83. The van der Waals surface area contributed by atoms with Crippen molar-refractivity contribution in [2.75, 3.05) is 18.0 Å². The molecule has 3 rings (SSSR count). The lowest BCUT2D eigenvalue weighted by Gasteiger charge is -2.42. The second-order valence-electron chi connectivity index (χ2n) is 5.00. The van der Waals surface area contributed by atoms with Crippen molar-refractivity contribution in [1.82, 2.24) is 10.3 Å². The summed E-state index contributed by atoms with van der Waals surface area (Å²) in [6, 6.07) is 3.31. The van der Waals surface area contributed by atoms with Crippen LogP contribution in [0.2, 0.25) is 5.02 Å². The van der Waals surface area contributed by atoms with Gasteiger partial charge in [-0.25, -0.2) is 0 Å². The predicted molar refractivity (Wildman–Crippen MR) is 70.6 cm³/mol. The maximum atomic E-state index is 6.06. The molecule has 2 saturated heterocycles. The van der Waals surface area contributed by atoms with Crippen LogP contribution < -0.4 is 10.2 Å². The van der Waals surface area contributed by atoms with Gasteiger partial charge in [-0.3, -0.25) is 4.98 Å². The van der Waals surface area contributed by atoms with Gasteiger partial charge in [-0.2, -0.15) is 0 Å². The highest BCUT2D eigenvalue weighted by Gasteiger charge is 2.32. The predicted octanol–water partition coefficient (Wildman–Crippen LogP) is 2.46. The highest BCUT2D eigenvalue weighted by Crippen LogP contribution is 2.32. The summed E-state index contributed by atoms with van der Waals surface area (Å²) < 4.78 is 0. The topological polar surface area (TPSA) is 28.2 Å². The van der Waals surface area contributed by atoms with Gasteiger partial charge >= 0.3 is 0 Å². The van der Waals surface area contributed by atoms with Gasteiger partial charge in [-0.15, -0.1) is 0 Å². The number of fused-ring (bicyclic) bond motifs is 2. The van der Waals surface area contributed by atoms with Crippen molar-refractivity contribution in [3.63, 3.8) is 0 Å². The van der Waals surface area contributed by atoms with E-state index in [-0.39, 0.29) is 0 Å². The molecule has 2 atom stereocenters. The molecule has 1 aromatic rings. The van der Waals surface area contributed by atoms with Crippen molar-refractivity contribution in [3.05, 3.63) is 23.5 Å². The van der Waals surface area contributed by atoms with Gasteiger partial charge in [0.2, 0.25) is 0 Å². The Labute approximate surface area is 107 Å². The van der Waals surface area contributed by atoms with Gasteiger partial charge in [0.25, 0.3) is 0 Å². The zero-order valence-electron chi connectivity index (χ0n) is 9.90. The number of piperidine rings is 1. The van der Waals surface area contributed by atoms with E-state index in [4.69, 9.17) is 11.6 Å². The van der Waals surface area contributed by atoms with Crippen molar-refractivity contribution in [1.29, 1.82) is 0 Å². The Bertz CT molecular complexity index is 382. The molecule has 2 fully saturated rings. The molecule has 2 aliphatic heterocycles. The Kier molecular flexibility index (Phi) is 3.21. The molecule has 1 aromatic heterocycles. The van der Waals surface area contributed by atoms with E-state index in [0.717, 1.165) is 18.1 Å². The first-order chi connectivity index (χ1) is 8.34. The molecule has 0 spiro atoms. The van der Waals surface area contributed by atoms with E-state index in [1.807, 2.05) is 12.3 Å². The first-order valence-electron chi connectivity index (χ1n) is 6.44. The standard InChI is InChI=1S/C13H18ClN3/c14-10-6-13(9-16-7-10)17-11-2-1-3-12(17)8-15-5-4-11/h6-7,9,11-12,15H,1-5,8H2/t11-,12+/m0/s1. The van der Waals surface area contributed by atoms with Crippen LogP contribution in [0.15, 0.2) is 18.5 Å². The Morgan fingerprint density at radius 1 is 1.24 bits per heavy atom. The van der Waals surface area contributed by atoms with Crippen molar-refractivity contribution >= 4 is 17.3 Å². The molecule has 2 aliphatic rings. The zero-order valence-corrected chi connectivity index (χ0v) is 10.7. The number of nitrogens with zero attached hydrogens (tertiary/aromatic N) is 2. The number of hydrogen-bond donors (Lipinski definition) is 1. The van der Waals surface area contributed by atoms with Crippen molar-refractivity contribution in [3.8, 4) is 0 Å². The van der Waals surface area contributed by atoms with Crippen LogP contribution >= 0.6 is 11.6 Å². The van der Waals surface area contributed by atoms with Gasteiger partial charge in [0, 0.05) is 24.8 Å². The van der Waals surface area contributed by atoms with E-state index in [1.165, 1.54) is 31.4 Å². The van der Waals surface area contributed by atoms with Crippen LogP contribution in [-0.4, -0.2) is 30.2 Å². The first-order valence-corrected chi connectivity index (χ1v) is 6.82. The molecule has 17 heavy (non-hydrogen) atoms. The number of nitrogens with one attached hydrogen (secondary N) is 1. The van der Waals surface area contributed by atoms with Gasteiger partial charge < -0.3 is 10.2 Å². The molecule has 0 radical (unpaired) electrons. The maximum Gasteiger partial charge on any atom is 0.0609 e. The number of rotatable bonds is 1. The van der Waals surface area contributed by atoms with Crippen LogP contribution in [0.1, 0.15) is 25.7 Å². The third kappa shape index (κ3) is 2.26. The first kappa shape index (κ1) is 11.3. The molecule has 92 valence electrons. The molecular formula is C13H18ClN3. The molecule has 0 unspecified atom stereocenters. The van der Waals surface area contributed by atoms with Crippen molar-refractivity contribution in [2.45, 2.75) is 37.8 Å². The van der Waals surface area contributed by atoms with Crippen molar-refractivity contribution in [2.24, 2.45) is 0 Å².